The zero-order valence-corrected chi connectivity index (χ0v) is 22.4. The fraction of sp³-hybridized carbons (Fsp3) is 0.308. The van der Waals surface area contributed by atoms with Crippen LogP contribution in [0.5, 0.6) is 0 Å². The summed E-state index contributed by atoms with van der Waals surface area (Å²) in [5.41, 5.74) is 2.81. The molecule has 0 radical (unpaired) electrons. The average molecular weight is 541 g/mol. The molecule has 0 saturated heterocycles. The number of thioether (sulfide) groups is 1. The van der Waals surface area contributed by atoms with Gasteiger partial charge in [0.2, 0.25) is 5.91 Å². The third kappa shape index (κ3) is 4.89. The Morgan fingerprint density at radius 3 is 2.56 bits per heavy atom. The highest BCUT2D eigenvalue weighted by atomic mass is 32.2. The van der Waals surface area contributed by atoms with Gasteiger partial charge in [0.15, 0.2) is 14.8 Å². The summed E-state index contributed by atoms with van der Waals surface area (Å²) in [6, 6.07) is 12.5. The summed E-state index contributed by atoms with van der Waals surface area (Å²) in [4.78, 5) is 31.2. The fourth-order valence-electron chi connectivity index (χ4n) is 4.43. The van der Waals surface area contributed by atoms with Gasteiger partial charge in [-0.05, 0) is 68.7 Å². The van der Waals surface area contributed by atoms with E-state index < -0.39 is 5.82 Å². The van der Waals surface area contributed by atoms with Gasteiger partial charge in [-0.25, -0.2) is 9.37 Å². The molecule has 0 unspecified atom stereocenters. The van der Waals surface area contributed by atoms with Crippen molar-refractivity contribution in [1.29, 1.82) is 0 Å². The summed E-state index contributed by atoms with van der Waals surface area (Å²) in [6.07, 6.45) is 4.24. The Balaban J connectivity index is 1.64. The fourth-order valence-corrected chi connectivity index (χ4v) is 6.53. The minimum absolute atomic E-state index is 0.0939. The van der Waals surface area contributed by atoms with E-state index in [1.807, 2.05) is 38.1 Å². The second-order valence-electron chi connectivity index (χ2n) is 9.02. The molecule has 1 fully saturated rings. The van der Waals surface area contributed by atoms with Crippen molar-refractivity contribution in [2.75, 3.05) is 5.75 Å². The van der Waals surface area contributed by atoms with E-state index in [1.54, 1.807) is 12.1 Å². The zero-order chi connectivity index (χ0) is 25.4. The molecule has 186 valence electrons. The van der Waals surface area contributed by atoms with E-state index in [4.69, 9.17) is 17.2 Å². The number of aryl methyl sites for hydroxylation is 2. The van der Waals surface area contributed by atoms with Crippen molar-refractivity contribution in [2.45, 2.75) is 50.7 Å². The molecule has 5 rings (SSSR count). The van der Waals surface area contributed by atoms with Crippen LogP contribution in [0.3, 0.4) is 0 Å². The van der Waals surface area contributed by atoms with Crippen LogP contribution in [-0.2, 0) is 4.79 Å². The van der Waals surface area contributed by atoms with Crippen LogP contribution in [-0.4, -0.2) is 31.8 Å². The number of carbonyl (C=O) groups excluding carboxylic acids is 1. The molecular formula is C26H25FN4O2S3. The van der Waals surface area contributed by atoms with E-state index >= 15 is 0 Å². The number of rotatable bonds is 6. The van der Waals surface area contributed by atoms with Gasteiger partial charge < -0.3 is 5.32 Å². The van der Waals surface area contributed by atoms with Crippen LogP contribution in [0, 0.1) is 23.6 Å². The van der Waals surface area contributed by atoms with E-state index in [1.165, 1.54) is 27.0 Å². The van der Waals surface area contributed by atoms with E-state index in [0.29, 0.717) is 25.1 Å². The second kappa shape index (κ2) is 10.3. The second-order valence-corrected chi connectivity index (χ2v) is 11.6. The maximum absolute atomic E-state index is 14.8. The van der Waals surface area contributed by atoms with Gasteiger partial charge in [-0.1, -0.05) is 59.7 Å². The number of hydrogen-bond donors (Lipinski definition) is 1. The Kier molecular flexibility index (Phi) is 7.09. The van der Waals surface area contributed by atoms with Gasteiger partial charge in [0, 0.05) is 6.04 Å². The molecule has 2 aromatic heterocycles. The van der Waals surface area contributed by atoms with E-state index in [9.17, 15) is 14.0 Å². The molecule has 1 aliphatic carbocycles. The zero-order valence-electron chi connectivity index (χ0n) is 19.9. The van der Waals surface area contributed by atoms with E-state index in [0.717, 1.165) is 48.1 Å². The summed E-state index contributed by atoms with van der Waals surface area (Å²) in [6.45, 7) is 3.84. The smallest absolute Gasteiger partial charge is 0.278 e. The summed E-state index contributed by atoms with van der Waals surface area (Å²) in [5, 5.41) is 3.43. The van der Waals surface area contributed by atoms with E-state index in [-0.39, 0.29) is 28.9 Å². The molecule has 36 heavy (non-hydrogen) atoms. The van der Waals surface area contributed by atoms with Crippen molar-refractivity contribution in [2.24, 2.45) is 0 Å². The van der Waals surface area contributed by atoms with Crippen LogP contribution in [0.1, 0.15) is 36.8 Å². The van der Waals surface area contributed by atoms with Gasteiger partial charge in [0.05, 0.1) is 17.1 Å². The number of benzene rings is 2. The standard InChI is InChI=1S/C26H25FN4O2S3/c1-15-7-10-18(11-8-15)30-24(33)22-23(29-25(30)35-14-21(32)28-17-5-3-4-6-17)31(26(34)36-22)20-13-16(2)9-12-19(20)27/h7-13,17H,3-6,14H2,1-2H3,(H,28,32). The SMILES string of the molecule is Cc1ccc(-n2c(SCC(=O)NC3CCCC3)nc3c(sc(=S)n3-c3cc(C)ccc3F)c2=O)cc1. The van der Waals surface area contributed by atoms with E-state index in [2.05, 4.69) is 5.32 Å². The molecule has 1 amide bonds. The van der Waals surface area contributed by atoms with Crippen LogP contribution < -0.4 is 10.9 Å². The van der Waals surface area contributed by atoms with Crippen molar-refractivity contribution >= 4 is 51.6 Å². The topological polar surface area (TPSA) is 68.9 Å². The predicted octanol–water partition coefficient (Wildman–Crippen LogP) is 5.87. The summed E-state index contributed by atoms with van der Waals surface area (Å²) in [5.74, 6) is -0.432. The van der Waals surface area contributed by atoms with Crippen molar-refractivity contribution in [1.82, 2.24) is 19.4 Å². The minimum Gasteiger partial charge on any atom is -0.353 e. The van der Waals surface area contributed by atoms with Crippen LogP contribution in [0.2, 0.25) is 0 Å². The first kappa shape index (κ1) is 24.9. The molecule has 1 aliphatic rings. The molecule has 0 aliphatic heterocycles. The van der Waals surface area contributed by atoms with Crippen molar-refractivity contribution in [3.8, 4) is 11.4 Å². The molecule has 2 aromatic carbocycles. The van der Waals surface area contributed by atoms with Gasteiger partial charge in [-0.2, -0.15) is 0 Å². The normalized spacial score (nSPS) is 14.0. The Labute approximate surface area is 221 Å². The highest BCUT2D eigenvalue weighted by Crippen LogP contribution is 2.29. The van der Waals surface area contributed by atoms with Gasteiger partial charge in [0.25, 0.3) is 5.56 Å². The Morgan fingerprint density at radius 1 is 1.14 bits per heavy atom. The number of aromatic nitrogens is 3. The highest BCUT2D eigenvalue weighted by molar-refractivity contribution is 7.99. The molecule has 1 saturated carbocycles. The lowest BCUT2D eigenvalue weighted by molar-refractivity contribution is -0.119. The van der Waals surface area contributed by atoms with Gasteiger partial charge >= 0.3 is 0 Å². The van der Waals surface area contributed by atoms with Crippen molar-refractivity contribution in [3.05, 3.63) is 73.7 Å². The number of nitrogens with zero attached hydrogens (tertiary/aromatic N) is 3. The minimum atomic E-state index is -0.453. The number of halogens is 1. The maximum atomic E-state index is 14.8. The first-order valence-corrected chi connectivity index (χ1v) is 14.0. The van der Waals surface area contributed by atoms with Gasteiger partial charge in [0.1, 0.15) is 10.5 Å². The van der Waals surface area contributed by atoms with Gasteiger partial charge in [-0.15, -0.1) is 0 Å². The monoisotopic (exact) mass is 540 g/mol. The number of thiazole rings is 1. The summed E-state index contributed by atoms with van der Waals surface area (Å²) < 4.78 is 18.5. The molecule has 10 heteroatoms. The molecule has 0 spiro atoms. The number of nitrogens with one attached hydrogen (secondary N) is 1. The summed E-state index contributed by atoms with van der Waals surface area (Å²) >= 11 is 7.86. The molecule has 4 aromatic rings. The lowest BCUT2D eigenvalue weighted by Gasteiger charge is -2.15. The maximum Gasteiger partial charge on any atom is 0.278 e. The lowest BCUT2D eigenvalue weighted by Crippen LogP contribution is -2.34. The predicted molar refractivity (Wildman–Crippen MR) is 146 cm³/mol. The highest BCUT2D eigenvalue weighted by Gasteiger charge is 2.22. The summed E-state index contributed by atoms with van der Waals surface area (Å²) in [7, 11) is 0. The molecular weight excluding hydrogens is 516 g/mol. The van der Waals surface area contributed by atoms with Crippen molar-refractivity contribution < 1.29 is 9.18 Å². The molecule has 6 nitrogen and oxygen atoms in total. The average Bonchev–Trinajstić information content (AvgIpc) is 3.47. The van der Waals surface area contributed by atoms with Crippen molar-refractivity contribution in [3.63, 3.8) is 0 Å². The first-order chi connectivity index (χ1) is 17.3. The van der Waals surface area contributed by atoms with Crippen LogP contribution >= 0.6 is 35.3 Å². The Morgan fingerprint density at radius 2 is 1.83 bits per heavy atom. The quantitative estimate of drug-likeness (QED) is 0.188. The van der Waals surface area contributed by atoms with Crippen LogP contribution in [0.25, 0.3) is 21.7 Å². The molecule has 0 atom stereocenters. The number of carbonyl (C=O) groups is 1. The largest absolute Gasteiger partial charge is 0.353 e. The van der Waals surface area contributed by atoms with Crippen LogP contribution in [0.4, 0.5) is 4.39 Å². The first-order valence-electron chi connectivity index (χ1n) is 11.8. The molecule has 2 heterocycles. The molecule has 0 bridgehead atoms. The third-order valence-corrected chi connectivity index (χ3v) is 8.55. The number of amides is 1. The molecule has 1 N–H and O–H groups in total. The lowest BCUT2D eigenvalue weighted by atomic mass is 10.2. The third-order valence-electron chi connectivity index (χ3n) is 6.26. The Hall–Kier alpha value is -2.82. The Bertz CT molecular complexity index is 1570. The number of hydrogen-bond acceptors (Lipinski definition) is 6. The van der Waals surface area contributed by atoms with Crippen LogP contribution in [0.15, 0.2) is 52.4 Å². The number of fused-ring (bicyclic) bond motifs is 1. The van der Waals surface area contributed by atoms with Gasteiger partial charge in [-0.3, -0.25) is 18.7 Å².